The standard InChI is InChI=1S/C24H30F2N8O2/c1-35-23-22-17(15-3-4-20(31-27)21(11-15)28-8-2-7-25)5-10-34(22)32-24(30-23)29-19-6-9-33(12-18(19)26)16-13-36-14-16/h3-5,10-11,16,18-19,27-28H,2,6-9,12-14H2,1H3,(H,29,32)/t18-,19-/m0/s1. The lowest BCUT2D eigenvalue weighted by atomic mass is 10.0. The first-order chi connectivity index (χ1) is 17.6. The zero-order valence-corrected chi connectivity index (χ0v) is 20.1. The first kappa shape index (κ1) is 24.3. The fourth-order valence-corrected chi connectivity index (χ4v) is 4.68. The van der Waals surface area contributed by atoms with Crippen LogP contribution in [-0.4, -0.2) is 84.4 Å². The summed E-state index contributed by atoms with van der Waals surface area (Å²) in [5.74, 6) is 0.652. The molecule has 2 aliphatic heterocycles. The van der Waals surface area contributed by atoms with E-state index in [2.05, 4.69) is 30.7 Å². The topological polar surface area (TPSA) is 112 Å². The van der Waals surface area contributed by atoms with Crippen molar-refractivity contribution < 1.29 is 18.3 Å². The minimum atomic E-state index is -1.05. The van der Waals surface area contributed by atoms with Crippen molar-refractivity contribution in [2.45, 2.75) is 31.1 Å². The summed E-state index contributed by atoms with van der Waals surface area (Å²) in [4.78, 5) is 6.68. The number of nitrogens with one attached hydrogen (secondary N) is 3. The Kier molecular flexibility index (Phi) is 7.23. The van der Waals surface area contributed by atoms with E-state index < -0.39 is 18.9 Å². The maximum absolute atomic E-state index is 15.0. The highest BCUT2D eigenvalue weighted by atomic mass is 19.1. The molecule has 0 aliphatic carbocycles. The molecule has 0 spiro atoms. The Balaban J connectivity index is 1.38. The summed E-state index contributed by atoms with van der Waals surface area (Å²) in [5, 5.41) is 14.4. The van der Waals surface area contributed by atoms with Crippen LogP contribution >= 0.6 is 0 Å². The number of hydrogen-bond donors (Lipinski definition) is 3. The van der Waals surface area contributed by atoms with Crippen molar-refractivity contribution in [3.8, 4) is 17.0 Å². The summed E-state index contributed by atoms with van der Waals surface area (Å²) in [6.07, 6.45) is 1.76. The molecule has 0 radical (unpaired) electrons. The Morgan fingerprint density at radius 2 is 2.17 bits per heavy atom. The van der Waals surface area contributed by atoms with E-state index in [-0.39, 0.29) is 0 Å². The first-order valence-electron chi connectivity index (χ1n) is 12.1. The summed E-state index contributed by atoms with van der Waals surface area (Å²) in [6, 6.07) is 7.27. The second-order valence-corrected chi connectivity index (χ2v) is 9.02. The summed E-state index contributed by atoms with van der Waals surface area (Å²) < 4.78 is 40.0. The third-order valence-electron chi connectivity index (χ3n) is 6.75. The molecule has 0 unspecified atom stereocenters. The second kappa shape index (κ2) is 10.7. The van der Waals surface area contributed by atoms with E-state index in [0.29, 0.717) is 73.9 Å². The maximum atomic E-state index is 15.0. The van der Waals surface area contributed by atoms with E-state index in [4.69, 9.17) is 15.0 Å². The van der Waals surface area contributed by atoms with Gasteiger partial charge in [-0.1, -0.05) is 6.07 Å². The predicted octanol–water partition coefficient (Wildman–Crippen LogP) is 4.06. The SMILES string of the molecule is COc1nc(N[C@H]2CCN(C3COC3)C[C@@H]2F)nn2ccc(-c3ccc(N=N)c(NCCCF)c3)c12. The van der Waals surface area contributed by atoms with E-state index in [1.165, 1.54) is 7.11 Å². The molecular formula is C24H30F2N8O2. The van der Waals surface area contributed by atoms with E-state index in [0.717, 1.165) is 17.7 Å². The predicted molar refractivity (Wildman–Crippen MR) is 132 cm³/mol. The van der Waals surface area contributed by atoms with Crippen LogP contribution in [0.15, 0.2) is 35.6 Å². The molecule has 2 aliphatic rings. The minimum Gasteiger partial charge on any atom is -0.479 e. The highest BCUT2D eigenvalue weighted by Gasteiger charge is 2.35. The number of hydrogen-bond acceptors (Lipinski definition) is 9. The first-order valence-corrected chi connectivity index (χ1v) is 12.1. The number of halogens is 2. The average molecular weight is 501 g/mol. The molecule has 192 valence electrons. The van der Waals surface area contributed by atoms with E-state index in [1.54, 1.807) is 16.8 Å². The fraction of sp³-hybridized carbons (Fsp3) is 0.500. The Morgan fingerprint density at radius 3 is 2.86 bits per heavy atom. The van der Waals surface area contributed by atoms with E-state index >= 15 is 0 Å². The van der Waals surface area contributed by atoms with Crippen molar-refractivity contribution in [1.29, 1.82) is 5.53 Å². The Labute approximate surface area is 207 Å². The van der Waals surface area contributed by atoms with Crippen LogP contribution in [0.5, 0.6) is 5.88 Å². The third-order valence-corrected chi connectivity index (χ3v) is 6.75. The monoisotopic (exact) mass is 500 g/mol. The van der Waals surface area contributed by atoms with Gasteiger partial charge in [0.15, 0.2) is 0 Å². The highest BCUT2D eigenvalue weighted by molar-refractivity contribution is 5.87. The number of methoxy groups -OCH3 is 1. The van der Waals surface area contributed by atoms with Crippen molar-refractivity contribution in [1.82, 2.24) is 19.5 Å². The smallest absolute Gasteiger partial charge is 0.244 e. The molecule has 0 amide bonds. The number of rotatable bonds is 10. The number of fused-ring (bicyclic) bond motifs is 1. The summed E-state index contributed by atoms with van der Waals surface area (Å²) in [7, 11) is 1.53. The van der Waals surface area contributed by atoms with Gasteiger partial charge < -0.3 is 20.1 Å². The van der Waals surface area contributed by atoms with Crippen molar-refractivity contribution in [2.75, 3.05) is 57.3 Å². The Morgan fingerprint density at radius 1 is 1.31 bits per heavy atom. The lowest BCUT2D eigenvalue weighted by Gasteiger charge is -2.42. The summed E-state index contributed by atoms with van der Waals surface area (Å²) in [5.41, 5.74) is 10.8. The number of alkyl halides is 2. The van der Waals surface area contributed by atoms with Gasteiger partial charge in [0.2, 0.25) is 11.8 Å². The fourth-order valence-electron chi connectivity index (χ4n) is 4.68. The largest absolute Gasteiger partial charge is 0.479 e. The van der Waals surface area contributed by atoms with Crippen LogP contribution in [0.2, 0.25) is 0 Å². The maximum Gasteiger partial charge on any atom is 0.244 e. The molecule has 0 saturated carbocycles. The van der Waals surface area contributed by atoms with Crippen LogP contribution in [0, 0.1) is 5.53 Å². The van der Waals surface area contributed by atoms with Gasteiger partial charge in [0, 0.05) is 31.4 Å². The third kappa shape index (κ3) is 4.82. The number of nitrogens with zero attached hydrogens (tertiary/aromatic N) is 5. The van der Waals surface area contributed by atoms with Crippen LogP contribution in [0.4, 0.5) is 26.1 Å². The molecule has 0 bridgehead atoms. The van der Waals surface area contributed by atoms with Crippen molar-refractivity contribution in [3.63, 3.8) is 0 Å². The molecule has 5 rings (SSSR count). The van der Waals surface area contributed by atoms with Crippen LogP contribution in [0.3, 0.4) is 0 Å². The van der Waals surface area contributed by atoms with Crippen molar-refractivity contribution in [2.24, 2.45) is 5.11 Å². The lowest BCUT2D eigenvalue weighted by Crippen LogP contribution is -2.57. The number of anilines is 2. The van der Waals surface area contributed by atoms with Gasteiger partial charge in [-0.3, -0.25) is 9.29 Å². The number of aromatic nitrogens is 3. The molecule has 36 heavy (non-hydrogen) atoms. The molecule has 2 atom stereocenters. The van der Waals surface area contributed by atoms with Gasteiger partial charge in [0.1, 0.15) is 17.4 Å². The van der Waals surface area contributed by atoms with Crippen molar-refractivity contribution >= 4 is 22.8 Å². The molecular weight excluding hydrogens is 470 g/mol. The average Bonchev–Trinajstić information content (AvgIpc) is 3.28. The molecule has 2 aromatic heterocycles. The van der Waals surface area contributed by atoms with Gasteiger partial charge in [-0.15, -0.1) is 5.10 Å². The van der Waals surface area contributed by atoms with Gasteiger partial charge in [0.05, 0.1) is 44.8 Å². The zero-order valence-electron chi connectivity index (χ0n) is 20.1. The Hall–Kier alpha value is -3.38. The van der Waals surface area contributed by atoms with Crippen LogP contribution < -0.4 is 15.4 Å². The van der Waals surface area contributed by atoms with Crippen LogP contribution in [0.25, 0.3) is 16.6 Å². The molecule has 12 heteroatoms. The quantitative estimate of drug-likeness (QED) is 0.284. The Bertz CT molecular complexity index is 1220. The molecule has 1 aromatic carbocycles. The lowest BCUT2D eigenvalue weighted by molar-refractivity contribution is -0.0794. The van der Waals surface area contributed by atoms with E-state index in [1.807, 2.05) is 18.2 Å². The van der Waals surface area contributed by atoms with Crippen LogP contribution in [0.1, 0.15) is 12.8 Å². The van der Waals surface area contributed by atoms with Gasteiger partial charge in [-0.25, -0.2) is 14.4 Å². The molecule has 2 saturated heterocycles. The molecule has 2 fully saturated rings. The summed E-state index contributed by atoms with van der Waals surface area (Å²) in [6.45, 7) is 2.51. The molecule has 4 heterocycles. The molecule has 3 aromatic rings. The second-order valence-electron chi connectivity index (χ2n) is 9.02. The van der Waals surface area contributed by atoms with Gasteiger partial charge >= 0.3 is 0 Å². The zero-order chi connectivity index (χ0) is 25.1. The van der Waals surface area contributed by atoms with Crippen LogP contribution in [-0.2, 0) is 4.74 Å². The van der Waals surface area contributed by atoms with E-state index in [9.17, 15) is 8.78 Å². The number of benzene rings is 1. The molecule has 10 nitrogen and oxygen atoms in total. The van der Waals surface area contributed by atoms with Crippen molar-refractivity contribution in [3.05, 3.63) is 30.5 Å². The van der Waals surface area contributed by atoms with Gasteiger partial charge in [-0.05, 0) is 36.6 Å². The van der Waals surface area contributed by atoms with Gasteiger partial charge in [-0.2, -0.15) is 10.1 Å². The number of ether oxygens (including phenoxy) is 2. The molecule has 3 N–H and O–H groups in total. The number of piperidine rings is 1. The number of likely N-dealkylation sites (tertiary alicyclic amines) is 1. The normalized spacial score (nSPS) is 20.8. The minimum absolute atomic E-state index is 0.298. The van der Waals surface area contributed by atoms with Gasteiger partial charge in [0.25, 0.3) is 0 Å². The summed E-state index contributed by atoms with van der Waals surface area (Å²) >= 11 is 0. The highest BCUT2D eigenvalue weighted by Crippen LogP contribution is 2.36.